The number of benzene rings is 1. The van der Waals surface area contributed by atoms with Crippen molar-refractivity contribution < 1.29 is 18.8 Å². The molecule has 1 aliphatic rings. The van der Waals surface area contributed by atoms with Crippen molar-refractivity contribution in [1.29, 1.82) is 0 Å². The van der Waals surface area contributed by atoms with Crippen LogP contribution in [0.5, 0.6) is 0 Å². The molecular weight excluding hydrogens is 425 g/mol. The highest BCUT2D eigenvalue weighted by Crippen LogP contribution is 2.23. The maximum absolute atomic E-state index is 14.2. The maximum Gasteiger partial charge on any atom is 0.323 e. The van der Waals surface area contributed by atoms with Gasteiger partial charge in [0.2, 0.25) is 5.91 Å². The number of nitrogens with zero attached hydrogens (tertiary/aromatic N) is 3. The van der Waals surface area contributed by atoms with Gasteiger partial charge in [0.05, 0.1) is 23.5 Å². The number of nitrogens with one attached hydrogen (secondary N) is 2. The lowest BCUT2D eigenvalue weighted by Gasteiger charge is -2.39. The summed E-state index contributed by atoms with van der Waals surface area (Å²) in [6.45, 7) is 9.33. The summed E-state index contributed by atoms with van der Waals surface area (Å²) in [6, 6.07) is 7.50. The zero-order valence-corrected chi connectivity index (χ0v) is 19.6. The number of hydroxylamine groups is 2. The van der Waals surface area contributed by atoms with Gasteiger partial charge in [-0.25, -0.2) is 14.2 Å². The standard InChI is InChI=1S/C24H32FN5O3/c1-17(31)30(33-24(2,3)4)22-7-10-29(11-8-22)16-18-12-19(25)14-21(13-18)28-23(32)27-20-6-5-9-26-15-20/h5-6,9,12-15,22H,7-8,10-11,16H2,1-4H3,(H2,27,28,32). The van der Waals surface area contributed by atoms with Crippen LogP contribution in [-0.4, -0.2) is 51.6 Å². The van der Waals surface area contributed by atoms with Crippen LogP contribution in [0, 0.1) is 5.82 Å². The monoisotopic (exact) mass is 457 g/mol. The molecule has 1 saturated heterocycles. The zero-order chi connectivity index (χ0) is 24.0. The Kier molecular flexibility index (Phi) is 7.99. The number of piperidine rings is 1. The number of rotatable bonds is 6. The summed E-state index contributed by atoms with van der Waals surface area (Å²) in [5, 5.41) is 6.83. The summed E-state index contributed by atoms with van der Waals surface area (Å²) in [4.78, 5) is 36.3. The number of pyridine rings is 1. The predicted molar refractivity (Wildman–Crippen MR) is 125 cm³/mol. The minimum atomic E-state index is -0.469. The first-order valence-electron chi connectivity index (χ1n) is 11.1. The van der Waals surface area contributed by atoms with E-state index in [2.05, 4.69) is 20.5 Å². The van der Waals surface area contributed by atoms with Gasteiger partial charge in [-0.3, -0.25) is 19.5 Å². The first-order chi connectivity index (χ1) is 15.6. The van der Waals surface area contributed by atoms with E-state index in [9.17, 15) is 14.0 Å². The van der Waals surface area contributed by atoms with Crippen molar-refractivity contribution in [2.24, 2.45) is 0 Å². The smallest absolute Gasteiger partial charge is 0.308 e. The molecule has 0 radical (unpaired) electrons. The number of halogens is 1. The molecule has 0 saturated carbocycles. The van der Waals surface area contributed by atoms with E-state index < -0.39 is 17.4 Å². The number of likely N-dealkylation sites (tertiary alicyclic amines) is 1. The molecule has 0 atom stereocenters. The van der Waals surface area contributed by atoms with Crippen LogP contribution in [0.2, 0.25) is 0 Å². The van der Waals surface area contributed by atoms with Gasteiger partial charge in [-0.15, -0.1) is 0 Å². The predicted octanol–water partition coefficient (Wildman–Crippen LogP) is 4.41. The van der Waals surface area contributed by atoms with E-state index in [1.807, 2.05) is 20.8 Å². The lowest BCUT2D eigenvalue weighted by atomic mass is 10.0. The molecule has 3 rings (SSSR count). The van der Waals surface area contributed by atoms with Crippen molar-refractivity contribution >= 4 is 23.3 Å². The van der Waals surface area contributed by atoms with Gasteiger partial charge < -0.3 is 10.6 Å². The van der Waals surface area contributed by atoms with Crippen LogP contribution in [0.15, 0.2) is 42.7 Å². The van der Waals surface area contributed by atoms with Gasteiger partial charge >= 0.3 is 6.03 Å². The molecule has 0 bridgehead atoms. The number of aromatic nitrogens is 1. The average Bonchev–Trinajstić information content (AvgIpc) is 2.72. The Hall–Kier alpha value is -3.04. The van der Waals surface area contributed by atoms with E-state index in [1.165, 1.54) is 30.3 Å². The molecule has 1 aromatic heterocycles. The Morgan fingerprint density at radius 1 is 1.18 bits per heavy atom. The van der Waals surface area contributed by atoms with Gasteiger partial charge in [0, 0.05) is 38.4 Å². The van der Waals surface area contributed by atoms with Crippen LogP contribution in [-0.2, 0) is 16.2 Å². The van der Waals surface area contributed by atoms with Crippen molar-refractivity contribution in [1.82, 2.24) is 14.9 Å². The number of carbonyl (C=O) groups excluding carboxylic acids is 2. The second-order valence-electron chi connectivity index (χ2n) is 9.22. The van der Waals surface area contributed by atoms with Gasteiger partial charge in [0.15, 0.2) is 0 Å². The Bertz CT molecular complexity index is 956. The number of hydrogen-bond donors (Lipinski definition) is 2. The van der Waals surface area contributed by atoms with E-state index in [-0.39, 0.29) is 11.9 Å². The highest BCUT2D eigenvalue weighted by atomic mass is 19.1. The van der Waals surface area contributed by atoms with Crippen LogP contribution in [0.4, 0.5) is 20.6 Å². The summed E-state index contributed by atoms with van der Waals surface area (Å²) < 4.78 is 14.2. The van der Waals surface area contributed by atoms with Crippen molar-refractivity contribution in [3.63, 3.8) is 0 Å². The fourth-order valence-electron chi connectivity index (χ4n) is 3.81. The fraction of sp³-hybridized carbons (Fsp3) is 0.458. The van der Waals surface area contributed by atoms with Crippen LogP contribution in [0.3, 0.4) is 0 Å². The Labute approximate surface area is 194 Å². The molecule has 1 aromatic carbocycles. The maximum atomic E-state index is 14.2. The molecule has 178 valence electrons. The van der Waals surface area contributed by atoms with Gasteiger partial charge in [0.1, 0.15) is 5.82 Å². The summed E-state index contributed by atoms with van der Waals surface area (Å²) in [5.74, 6) is -0.519. The summed E-state index contributed by atoms with van der Waals surface area (Å²) in [7, 11) is 0. The first kappa shape index (κ1) is 24.6. The summed E-state index contributed by atoms with van der Waals surface area (Å²) in [6.07, 6.45) is 4.67. The van der Waals surface area contributed by atoms with Crippen LogP contribution in [0.25, 0.3) is 0 Å². The van der Waals surface area contributed by atoms with Gasteiger partial charge in [0.25, 0.3) is 0 Å². The third kappa shape index (κ3) is 7.80. The third-order valence-electron chi connectivity index (χ3n) is 5.11. The molecule has 2 N–H and O–H groups in total. The Morgan fingerprint density at radius 3 is 2.48 bits per heavy atom. The lowest BCUT2D eigenvalue weighted by Crippen LogP contribution is -2.49. The third-order valence-corrected chi connectivity index (χ3v) is 5.11. The molecule has 0 aliphatic carbocycles. The number of urea groups is 1. The minimum absolute atomic E-state index is 0.0129. The quantitative estimate of drug-likeness (QED) is 0.628. The van der Waals surface area contributed by atoms with Gasteiger partial charge in [-0.05, 0) is 69.5 Å². The topological polar surface area (TPSA) is 86.8 Å². The highest BCUT2D eigenvalue weighted by molar-refractivity contribution is 5.99. The average molecular weight is 458 g/mol. The second kappa shape index (κ2) is 10.7. The minimum Gasteiger partial charge on any atom is -0.308 e. The van der Waals surface area contributed by atoms with Crippen LogP contribution in [0.1, 0.15) is 46.1 Å². The largest absolute Gasteiger partial charge is 0.323 e. The molecular formula is C24H32FN5O3. The first-order valence-corrected chi connectivity index (χ1v) is 11.1. The highest BCUT2D eigenvalue weighted by Gasteiger charge is 2.30. The SMILES string of the molecule is CC(=O)N(OC(C)(C)C)C1CCN(Cc2cc(F)cc(NC(=O)Nc3cccnc3)c2)CC1. The molecule has 9 heteroatoms. The number of amides is 3. The van der Waals surface area contributed by atoms with Crippen molar-refractivity contribution in [2.75, 3.05) is 23.7 Å². The molecule has 3 amide bonds. The van der Waals surface area contributed by atoms with Crippen LogP contribution >= 0.6 is 0 Å². The van der Waals surface area contributed by atoms with E-state index in [0.717, 1.165) is 31.5 Å². The van der Waals surface area contributed by atoms with E-state index >= 15 is 0 Å². The molecule has 2 aromatic rings. The molecule has 8 nitrogen and oxygen atoms in total. The molecule has 1 fully saturated rings. The van der Waals surface area contributed by atoms with Crippen molar-refractivity contribution in [3.05, 3.63) is 54.1 Å². The fourth-order valence-corrected chi connectivity index (χ4v) is 3.81. The summed E-state index contributed by atoms with van der Waals surface area (Å²) in [5.41, 5.74) is 1.24. The Morgan fingerprint density at radius 2 is 1.88 bits per heavy atom. The molecule has 33 heavy (non-hydrogen) atoms. The lowest BCUT2D eigenvalue weighted by molar-refractivity contribution is -0.245. The molecule has 0 unspecified atom stereocenters. The number of hydrogen-bond acceptors (Lipinski definition) is 5. The molecule has 2 heterocycles. The van der Waals surface area contributed by atoms with E-state index in [0.29, 0.717) is 17.9 Å². The van der Waals surface area contributed by atoms with Crippen molar-refractivity contribution in [2.45, 2.75) is 58.7 Å². The van der Waals surface area contributed by atoms with Crippen LogP contribution < -0.4 is 10.6 Å². The normalized spacial score (nSPS) is 15.2. The summed E-state index contributed by atoms with van der Waals surface area (Å²) >= 11 is 0. The molecule has 1 aliphatic heterocycles. The Balaban J connectivity index is 1.56. The number of anilines is 2. The van der Waals surface area contributed by atoms with E-state index in [1.54, 1.807) is 24.4 Å². The van der Waals surface area contributed by atoms with Gasteiger partial charge in [-0.2, -0.15) is 0 Å². The number of carbonyl (C=O) groups is 2. The zero-order valence-electron chi connectivity index (χ0n) is 19.6. The van der Waals surface area contributed by atoms with Gasteiger partial charge in [-0.1, -0.05) is 0 Å². The second-order valence-corrected chi connectivity index (χ2v) is 9.22. The molecule has 0 spiro atoms. The van der Waals surface area contributed by atoms with E-state index in [4.69, 9.17) is 4.84 Å². The van der Waals surface area contributed by atoms with Crippen molar-refractivity contribution in [3.8, 4) is 0 Å².